The van der Waals surface area contributed by atoms with Gasteiger partial charge in [-0.15, -0.1) is 0 Å². The molecule has 1 unspecified atom stereocenters. The van der Waals surface area contributed by atoms with Crippen LogP contribution in [0.1, 0.15) is 30.0 Å². The van der Waals surface area contributed by atoms with Crippen molar-refractivity contribution in [3.63, 3.8) is 0 Å². The lowest BCUT2D eigenvalue weighted by Crippen LogP contribution is -2.08. The fourth-order valence-electron chi connectivity index (χ4n) is 1.60. The van der Waals surface area contributed by atoms with Gasteiger partial charge in [0.1, 0.15) is 0 Å². The van der Waals surface area contributed by atoms with Crippen LogP contribution in [0.3, 0.4) is 0 Å². The zero-order valence-electron chi connectivity index (χ0n) is 8.67. The highest BCUT2D eigenvalue weighted by molar-refractivity contribution is 5.28. The third-order valence-corrected chi connectivity index (χ3v) is 2.22. The van der Waals surface area contributed by atoms with E-state index in [2.05, 4.69) is 32.0 Å². The predicted molar refractivity (Wildman–Crippen MR) is 55.9 cm³/mol. The van der Waals surface area contributed by atoms with E-state index in [1.165, 1.54) is 16.7 Å². The van der Waals surface area contributed by atoms with Crippen LogP contribution in [0.25, 0.3) is 0 Å². The first-order valence-electron chi connectivity index (χ1n) is 4.87. The van der Waals surface area contributed by atoms with Gasteiger partial charge in [-0.25, -0.2) is 0 Å². The molecule has 0 spiro atoms. The average molecular weight is 178 g/mol. The van der Waals surface area contributed by atoms with Crippen LogP contribution >= 0.6 is 0 Å². The molecule has 0 fully saturated rings. The maximum Gasteiger partial charge on any atom is 0.0577 e. The molecule has 0 aliphatic rings. The second-order valence-electron chi connectivity index (χ2n) is 3.76. The zero-order chi connectivity index (χ0) is 9.84. The minimum absolute atomic E-state index is 0.193. The molecule has 1 nitrogen and oxygen atoms in total. The summed E-state index contributed by atoms with van der Waals surface area (Å²) in [6.45, 7) is 6.19. The predicted octanol–water partition coefficient (Wildman–Crippen LogP) is 2.62. The molecule has 0 aromatic heterocycles. The van der Waals surface area contributed by atoms with E-state index in [1.807, 2.05) is 6.92 Å². The smallest absolute Gasteiger partial charge is 0.0577 e. The molecule has 0 radical (unpaired) electrons. The Kier molecular flexibility index (Phi) is 3.49. The Balaban J connectivity index is 2.77. The molecule has 1 atom stereocenters. The molecular formula is C12H18O. The van der Waals surface area contributed by atoms with Crippen molar-refractivity contribution in [2.24, 2.45) is 0 Å². The quantitative estimate of drug-likeness (QED) is 0.754. The molecule has 0 aliphatic carbocycles. The Morgan fingerprint density at radius 3 is 2.15 bits per heavy atom. The molecule has 1 aromatic carbocycles. The Morgan fingerprint density at radius 2 is 1.69 bits per heavy atom. The summed E-state index contributed by atoms with van der Waals surface area (Å²) in [5.74, 6) is 0. The van der Waals surface area contributed by atoms with E-state index in [0.29, 0.717) is 0 Å². The second kappa shape index (κ2) is 4.43. The van der Waals surface area contributed by atoms with Crippen LogP contribution in [-0.2, 0) is 6.42 Å². The van der Waals surface area contributed by atoms with Gasteiger partial charge in [0.2, 0.25) is 0 Å². The molecule has 0 aliphatic heterocycles. The first-order valence-corrected chi connectivity index (χ1v) is 4.87. The number of hydrogen-bond donors (Lipinski definition) is 1. The monoisotopic (exact) mass is 178 g/mol. The van der Waals surface area contributed by atoms with E-state index in [1.54, 1.807) is 0 Å². The van der Waals surface area contributed by atoms with E-state index in [0.717, 1.165) is 12.8 Å². The third-order valence-electron chi connectivity index (χ3n) is 2.22. The van der Waals surface area contributed by atoms with Gasteiger partial charge in [0, 0.05) is 0 Å². The highest BCUT2D eigenvalue weighted by Gasteiger charge is 2.03. The Labute approximate surface area is 80.4 Å². The molecular weight excluding hydrogens is 160 g/mol. The second-order valence-corrected chi connectivity index (χ2v) is 3.76. The van der Waals surface area contributed by atoms with Crippen LogP contribution in [0, 0.1) is 13.8 Å². The summed E-state index contributed by atoms with van der Waals surface area (Å²) in [6.07, 6.45) is 1.41. The number of aliphatic hydroxyl groups excluding tert-OH is 1. The molecule has 1 N–H and O–H groups in total. The molecule has 0 amide bonds. The van der Waals surface area contributed by atoms with Crippen molar-refractivity contribution in [3.05, 3.63) is 34.9 Å². The van der Waals surface area contributed by atoms with E-state index < -0.39 is 0 Å². The van der Waals surface area contributed by atoms with Crippen LogP contribution in [-0.4, -0.2) is 11.2 Å². The van der Waals surface area contributed by atoms with Crippen molar-refractivity contribution in [1.29, 1.82) is 0 Å². The summed E-state index contributed by atoms with van der Waals surface area (Å²) in [6, 6.07) is 6.44. The summed E-state index contributed by atoms with van der Waals surface area (Å²) in [5.41, 5.74) is 3.79. The van der Waals surface area contributed by atoms with Gasteiger partial charge in [-0.3, -0.25) is 0 Å². The largest absolute Gasteiger partial charge is 0.393 e. The Bertz CT molecular complexity index is 258. The van der Waals surface area contributed by atoms with E-state index in [4.69, 9.17) is 0 Å². The lowest BCUT2D eigenvalue weighted by molar-refractivity contribution is 0.171. The molecule has 13 heavy (non-hydrogen) atoms. The SMILES string of the molecule is CCC(O)Cc1cc(C)cc(C)c1. The number of rotatable bonds is 3. The Morgan fingerprint density at radius 1 is 1.15 bits per heavy atom. The van der Waals surface area contributed by atoms with E-state index >= 15 is 0 Å². The minimum atomic E-state index is -0.193. The summed E-state index contributed by atoms with van der Waals surface area (Å²) in [7, 11) is 0. The summed E-state index contributed by atoms with van der Waals surface area (Å²) in [4.78, 5) is 0. The van der Waals surface area contributed by atoms with Gasteiger partial charge < -0.3 is 5.11 Å². The van der Waals surface area contributed by atoms with Crippen LogP contribution in [0.15, 0.2) is 18.2 Å². The van der Waals surface area contributed by atoms with Crippen LogP contribution in [0.2, 0.25) is 0 Å². The van der Waals surface area contributed by atoms with Crippen LogP contribution < -0.4 is 0 Å². The minimum Gasteiger partial charge on any atom is -0.393 e. The maximum atomic E-state index is 9.49. The molecule has 0 saturated heterocycles. The Hall–Kier alpha value is -0.820. The molecule has 72 valence electrons. The first-order chi connectivity index (χ1) is 6.11. The van der Waals surface area contributed by atoms with Crippen LogP contribution in [0.5, 0.6) is 0 Å². The number of aryl methyl sites for hydroxylation is 2. The van der Waals surface area contributed by atoms with Crippen molar-refractivity contribution >= 4 is 0 Å². The maximum absolute atomic E-state index is 9.49. The van der Waals surface area contributed by atoms with Gasteiger partial charge in [0.25, 0.3) is 0 Å². The zero-order valence-corrected chi connectivity index (χ0v) is 8.67. The molecule has 1 heteroatoms. The summed E-state index contributed by atoms with van der Waals surface area (Å²) in [5, 5.41) is 9.49. The van der Waals surface area contributed by atoms with Crippen LogP contribution in [0.4, 0.5) is 0 Å². The average Bonchev–Trinajstić information content (AvgIpc) is 2.02. The summed E-state index contributed by atoms with van der Waals surface area (Å²) < 4.78 is 0. The number of hydrogen-bond acceptors (Lipinski definition) is 1. The number of aliphatic hydroxyl groups is 1. The van der Waals surface area contributed by atoms with Crippen molar-refractivity contribution < 1.29 is 5.11 Å². The van der Waals surface area contributed by atoms with Crippen molar-refractivity contribution in [2.75, 3.05) is 0 Å². The molecule has 0 bridgehead atoms. The standard InChI is InChI=1S/C12H18O/c1-4-12(13)8-11-6-9(2)5-10(3)7-11/h5-7,12-13H,4,8H2,1-3H3. The van der Waals surface area contributed by atoms with Gasteiger partial charge in [-0.2, -0.15) is 0 Å². The highest BCUT2D eigenvalue weighted by Crippen LogP contribution is 2.11. The number of benzene rings is 1. The van der Waals surface area contributed by atoms with E-state index in [-0.39, 0.29) is 6.10 Å². The lowest BCUT2D eigenvalue weighted by atomic mass is 10.0. The van der Waals surface area contributed by atoms with Crippen molar-refractivity contribution in [3.8, 4) is 0 Å². The fraction of sp³-hybridized carbons (Fsp3) is 0.500. The fourth-order valence-corrected chi connectivity index (χ4v) is 1.60. The van der Waals surface area contributed by atoms with Gasteiger partial charge in [-0.1, -0.05) is 36.2 Å². The normalized spacial score (nSPS) is 12.9. The van der Waals surface area contributed by atoms with Gasteiger partial charge >= 0.3 is 0 Å². The molecule has 0 heterocycles. The lowest BCUT2D eigenvalue weighted by Gasteiger charge is -2.09. The highest BCUT2D eigenvalue weighted by atomic mass is 16.3. The molecule has 1 rings (SSSR count). The van der Waals surface area contributed by atoms with Crippen molar-refractivity contribution in [1.82, 2.24) is 0 Å². The molecule has 0 saturated carbocycles. The molecule has 1 aromatic rings. The summed E-state index contributed by atoms with van der Waals surface area (Å²) >= 11 is 0. The van der Waals surface area contributed by atoms with Gasteiger partial charge in [0.05, 0.1) is 6.10 Å². The first kappa shape index (κ1) is 10.3. The van der Waals surface area contributed by atoms with E-state index in [9.17, 15) is 5.11 Å². The third kappa shape index (κ3) is 3.19. The van der Waals surface area contributed by atoms with Gasteiger partial charge in [-0.05, 0) is 32.3 Å². The topological polar surface area (TPSA) is 20.2 Å². The van der Waals surface area contributed by atoms with Crippen molar-refractivity contribution in [2.45, 2.75) is 39.7 Å². The van der Waals surface area contributed by atoms with Gasteiger partial charge in [0.15, 0.2) is 0 Å².